The third kappa shape index (κ3) is 2.98. The van der Waals surface area contributed by atoms with Gasteiger partial charge in [-0.1, -0.05) is 30.3 Å². The normalized spacial score (nSPS) is 19.7. The summed E-state index contributed by atoms with van der Waals surface area (Å²) in [5.41, 5.74) is 5.07. The first-order valence-electron chi connectivity index (χ1n) is 8.84. The second kappa shape index (κ2) is 6.90. The zero-order valence-corrected chi connectivity index (χ0v) is 14.4. The molecule has 6 nitrogen and oxygen atoms in total. The van der Waals surface area contributed by atoms with E-state index in [9.17, 15) is 9.59 Å². The Morgan fingerprint density at radius 1 is 1.15 bits per heavy atom. The predicted octanol–water partition coefficient (Wildman–Crippen LogP) is 2.32. The zero-order chi connectivity index (χ0) is 18.1. The van der Waals surface area contributed by atoms with Crippen molar-refractivity contribution >= 4 is 17.5 Å². The van der Waals surface area contributed by atoms with E-state index in [2.05, 4.69) is 11.0 Å². The van der Waals surface area contributed by atoms with Crippen molar-refractivity contribution in [3.05, 3.63) is 65.2 Å². The van der Waals surface area contributed by atoms with Crippen molar-refractivity contribution in [2.24, 2.45) is 0 Å². The molecule has 1 atom stereocenters. The van der Waals surface area contributed by atoms with Crippen LogP contribution in [0.15, 0.2) is 48.5 Å². The molecule has 0 aliphatic carbocycles. The van der Waals surface area contributed by atoms with E-state index in [0.717, 1.165) is 37.2 Å². The van der Waals surface area contributed by atoms with Crippen LogP contribution < -0.4 is 10.4 Å². The van der Waals surface area contributed by atoms with Gasteiger partial charge in [0.05, 0.1) is 12.6 Å². The lowest BCUT2D eigenvalue weighted by molar-refractivity contribution is -0.122. The lowest BCUT2D eigenvalue weighted by atomic mass is 10.1. The Hall–Kier alpha value is -2.70. The SMILES string of the molecule is O=C(NO)c1ccc(CN2C(=O)[C@@H]3CCCN3Cc3ccccc32)cc1. The van der Waals surface area contributed by atoms with E-state index < -0.39 is 5.91 Å². The molecule has 4 rings (SSSR count). The fourth-order valence-electron chi connectivity index (χ4n) is 3.89. The summed E-state index contributed by atoms with van der Waals surface area (Å²) in [6.45, 7) is 2.23. The van der Waals surface area contributed by atoms with Gasteiger partial charge in [-0.3, -0.25) is 19.7 Å². The molecule has 1 saturated heterocycles. The highest BCUT2D eigenvalue weighted by Crippen LogP contribution is 2.33. The van der Waals surface area contributed by atoms with Crippen molar-refractivity contribution in [1.29, 1.82) is 0 Å². The number of benzene rings is 2. The highest BCUT2D eigenvalue weighted by Gasteiger charge is 2.37. The van der Waals surface area contributed by atoms with Crippen molar-refractivity contribution in [2.45, 2.75) is 32.0 Å². The molecular weight excluding hydrogens is 330 g/mol. The van der Waals surface area contributed by atoms with Gasteiger partial charge in [-0.2, -0.15) is 0 Å². The maximum absolute atomic E-state index is 13.2. The molecule has 2 aromatic rings. The zero-order valence-electron chi connectivity index (χ0n) is 14.4. The van der Waals surface area contributed by atoms with Gasteiger partial charge in [0.2, 0.25) is 5.91 Å². The average Bonchev–Trinajstić information content (AvgIpc) is 3.10. The van der Waals surface area contributed by atoms with E-state index in [4.69, 9.17) is 5.21 Å². The summed E-state index contributed by atoms with van der Waals surface area (Å²) in [5, 5.41) is 8.72. The molecule has 0 bridgehead atoms. The number of hydroxylamine groups is 1. The lowest BCUT2D eigenvalue weighted by Gasteiger charge is -2.26. The van der Waals surface area contributed by atoms with Crippen molar-refractivity contribution in [3.63, 3.8) is 0 Å². The van der Waals surface area contributed by atoms with Crippen LogP contribution in [0.2, 0.25) is 0 Å². The molecular formula is C20H21N3O3. The van der Waals surface area contributed by atoms with Crippen LogP contribution in [0.4, 0.5) is 5.69 Å². The molecule has 2 aliphatic rings. The number of hydrogen-bond acceptors (Lipinski definition) is 4. The van der Waals surface area contributed by atoms with E-state index in [0.29, 0.717) is 12.1 Å². The minimum absolute atomic E-state index is 0.0539. The van der Waals surface area contributed by atoms with Gasteiger partial charge < -0.3 is 4.90 Å². The molecule has 0 spiro atoms. The lowest BCUT2D eigenvalue weighted by Crippen LogP contribution is -2.42. The van der Waals surface area contributed by atoms with Crippen molar-refractivity contribution in [3.8, 4) is 0 Å². The third-order valence-electron chi connectivity index (χ3n) is 5.23. The molecule has 1 fully saturated rings. The summed E-state index contributed by atoms with van der Waals surface area (Å²) in [6.07, 6.45) is 1.95. The van der Waals surface area contributed by atoms with Crippen molar-refractivity contribution in [2.75, 3.05) is 11.4 Å². The monoisotopic (exact) mass is 351 g/mol. The topological polar surface area (TPSA) is 72.9 Å². The summed E-state index contributed by atoms with van der Waals surface area (Å²) in [4.78, 5) is 28.8. The first kappa shape index (κ1) is 16.8. The van der Waals surface area contributed by atoms with E-state index in [1.165, 1.54) is 5.56 Å². The number of nitrogens with one attached hydrogen (secondary N) is 1. The minimum Gasteiger partial charge on any atom is -0.306 e. The number of rotatable bonds is 3. The van der Waals surface area contributed by atoms with E-state index in [1.807, 2.05) is 35.2 Å². The highest BCUT2D eigenvalue weighted by molar-refractivity contribution is 5.98. The summed E-state index contributed by atoms with van der Waals surface area (Å²) in [6, 6.07) is 14.9. The Bertz CT molecular complexity index is 834. The summed E-state index contributed by atoms with van der Waals surface area (Å²) in [5.74, 6) is -0.404. The summed E-state index contributed by atoms with van der Waals surface area (Å²) < 4.78 is 0. The average molecular weight is 351 g/mol. The molecule has 0 saturated carbocycles. The Labute approximate surface area is 152 Å². The van der Waals surface area contributed by atoms with Crippen LogP contribution in [0.3, 0.4) is 0 Å². The molecule has 26 heavy (non-hydrogen) atoms. The van der Waals surface area contributed by atoms with Gasteiger partial charge in [0, 0.05) is 17.8 Å². The molecule has 2 amide bonds. The number of anilines is 1. The molecule has 2 aromatic carbocycles. The van der Waals surface area contributed by atoms with E-state index >= 15 is 0 Å². The Balaban J connectivity index is 1.65. The number of para-hydroxylation sites is 1. The van der Waals surface area contributed by atoms with E-state index in [1.54, 1.807) is 17.6 Å². The van der Waals surface area contributed by atoms with Crippen molar-refractivity contribution in [1.82, 2.24) is 10.4 Å². The molecule has 0 aromatic heterocycles. The standard InChI is InChI=1S/C20H21N3O3/c24-19(21-26)15-9-7-14(8-10-15)12-23-17-5-2-1-4-16(17)13-22-11-3-6-18(22)20(23)25/h1-2,4-5,7-10,18,26H,3,6,11-13H2,(H,21,24)/t18-/m0/s1. The van der Waals surface area contributed by atoms with Crippen LogP contribution in [0, 0.1) is 0 Å². The largest absolute Gasteiger partial charge is 0.306 e. The first-order valence-corrected chi connectivity index (χ1v) is 8.84. The third-order valence-corrected chi connectivity index (χ3v) is 5.23. The highest BCUT2D eigenvalue weighted by atomic mass is 16.5. The first-order chi connectivity index (χ1) is 12.7. The fraction of sp³-hybridized carbons (Fsp3) is 0.300. The number of amides is 2. The van der Waals surface area contributed by atoms with E-state index in [-0.39, 0.29) is 11.9 Å². The van der Waals surface area contributed by atoms with Gasteiger partial charge in [-0.25, -0.2) is 5.48 Å². The Morgan fingerprint density at radius 2 is 1.92 bits per heavy atom. The van der Waals surface area contributed by atoms with Crippen LogP contribution in [-0.4, -0.2) is 34.5 Å². The molecule has 0 radical (unpaired) electrons. The van der Waals surface area contributed by atoms with Gasteiger partial charge in [0.15, 0.2) is 0 Å². The number of hydrogen-bond donors (Lipinski definition) is 2. The Morgan fingerprint density at radius 3 is 2.69 bits per heavy atom. The Kier molecular flexibility index (Phi) is 4.44. The van der Waals surface area contributed by atoms with Gasteiger partial charge in [-0.05, 0) is 48.7 Å². The molecule has 2 N–H and O–H groups in total. The van der Waals surface area contributed by atoms with Crippen LogP contribution in [0.1, 0.15) is 34.3 Å². The minimum atomic E-state index is -0.547. The predicted molar refractivity (Wildman–Crippen MR) is 96.8 cm³/mol. The number of fused-ring (bicyclic) bond motifs is 2. The van der Waals surface area contributed by atoms with Crippen LogP contribution in [0.25, 0.3) is 0 Å². The van der Waals surface area contributed by atoms with Crippen LogP contribution in [-0.2, 0) is 17.9 Å². The van der Waals surface area contributed by atoms with Crippen LogP contribution >= 0.6 is 0 Å². The maximum Gasteiger partial charge on any atom is 0.274 e. The maximum atomic E-state index is 13.2. The second-order valence-corrected chi connectivity index (χ2v) is 6.82. The quantitative estimate of drug-likeness (QED) is 0.657. The van der Waals surface area contributed by atoms with Gasteiger partial charge in [0.25, 0.3) is 5.91 Å². The smallest absolute Gasteiger partial charge is 0.274 e. The van der Waals surface area contributed by atoms with Gasteiger partial charge in [-0.15, -0.1) is 0 Å². The molecule has 6 heteroatoms. The molecule has 2 heterocycles. The summed E-state index contributed by atoms with van der Waals surface area (Å²) >= 11 is 0. The number of carbonyl (C=O) groups is 2. The van der Waals surface area contributed by atoms with Crippen molar-refractivity contribution < 1.29 is 14.8 Å². The van der Waals surface area contributed by atoms with Crippen LogP contribution in [0.5, 0.6) is 0 Å². The fourth-order valence-corrected chi connectivity index (χ4v) is 3.89. The molecule has 0 unspecified atom stereocenters. The molecule has 2 aliphatic heterocycles. The molecule has 134 valence electrons. The van der Waals surface area contributed by atoms with Gasteiger partial charge in [0.1, 0.15) is 0 Å². The number of nitrogens with zero attached hydrogens (tertiary/aromatic N) is 2. The van der Waals surface area contributed by atoms with Gasteiger partial charge >= 0.3 is 0 Å². The number of carbonyl (C=O) groups excluding carboxylic acids is 2. The second-order valence-electron chi connectivity index (χ2n) is 6.82. The summed E-state index contributed by atoms with van der Waals surface area (Å²) in [7, 11) is 0.